The number of carbonyl (C=O) groups is 1. The number of rotatable bonds is 7. The molecule has 0 spiro atoms. The lowest BCUT2D eigenvalue weighted by atomic mass is 10.3. The van der Waals surface area contributed by atoms with Gasteiger partial charge in [-0.1, -0.05) is 34.9 Å². The minimum Gasteiger partial charge on any atom is -0.289 e. The van der Waals surface area contributed by atoms with Crippen LogP contribution in [0.1, 0.15) is 11.9 Å². The van der Waals surface area contributed by atoms with Gasteiger partial charge in [-0.25, -0.2) is 4.98 Å². The van der Waals surface area contributed by atoms with E-state index in [1.54, 1.807) is 12.3 Å². The van der Waals surface area contributed by atoms with Gasteiger partial charge < -0.3 is 0 Å². The molecule has 0 saturated carbocycles. The highest BCUT2D eigenvalue weighted by Gasteiger charge is 2.21. The third-order valence-corrected chi connectivity index (χ3v) is 4.63. The van der Waals surface area contributed by atoms with Gasteiger partial charge in [-0.05, 0) is 31.5 Å². The number of thiazole rings is 1. The van der Waals surface area contributed by atoms with Crippen LogP contribution < -0.4 is 4.90 Å². The molecule has 1 aromatic rings. The molecule has 4 nitrogen and oxygen atoms in total. The molecule has 116 valence electrons. The molecule has 7 heteroatoms. The van der Waals surface area contributed by atoms with E-state index in [2.05, 4.69) is 22.6 Å². The zero-order valence-corrected chi connectivity index (χ0v) is 14.8. The average molecular weight is 354 g/mol. The van der Waals surface area contributed by atoms with E-state index in [-0.39, 0.29) is 17.6 Å². The minimum atomic E-state index is -0.0834. The number of amides is 1. The van der Waals surface area contributed by atoms with Crippen LogP contribution in [0.3, 0.4) is 0 Å². The summed E-state index contributed by atoms with van der Waals surface area (Å²) in [6.45, 7) is 5.44. The maximum absolute atomic E-state index is 12.2. The Hall–Kier alpha value is -1.55. The van der Waals surface area contributed by atoms with Crippen molar-refractivity contribution in [3.63, 3.8) is 0 Å². The summed E-state index contributed by atoms with van der Waals surface area (Å²) in [5, 5.41) is 1.59. The highest BCUT2D eigenvalue weighted by Crippen LogP contribution is 2.35. The molecule has 0 aliphatic rings. The molecule has 1 amide bonds. The van der Waals surface area contributed by atoms with E-state index in [0.29, 0.717) is 10.8 Å². The molecule has 22 heavy (non-hydrogen) atoms. The number of halogens is 1. The van der Waals surface area contributed by atoms with E-state index < -0.39 is 0 Å². The first-order valence-electron chi connectivity index (χ1n) is 6.23. The Kier molecular flexibility index (Phi) is 7.96. The number of hydrogen-bond acceptors (Lipinski definition) is 5. The van der Waals surface area contributed by atoms with Gasteiger partial charge in [-0.3, -0.25) is 14.7 Å². The molecule has 0 radical (unpaired) electrons. The normalized spacial score (nSPS) is 11.5. The van der Waals surface area contributed by atoms with Crippen LogP contribution in [-0.4, -0.2) is 36.2 Å². The fourth-order valence-corrected chi connectivity index (χ4v) is 3.22. The number of aliphatic imine (C=N–C) groups is 1. The van der Waals surface area contributed by atoms with Crippen molar-refractivity contribution in [2.24, 2.45) is 4.99 Å². The van der Waals surface area contributed by atoms with Crippen molar-refractivity contribution < 1.29 is 4.79 Å². The Balaban J connectivity index is 3.12. The second kappa shape index (κ2) is 9.46. The van der Waals surface area contributed by atoms with Crippen molar-refractivity contribution in [1.29, 1.82) is 0 Å². The van der Waals surface area contributed by atoms with Crippen molar-refractivity contribution in [1.82, 2.24) is 4.98 Å². The molecule has 1 heterocycles. The largest absolute Gasteiger partial charge is 0.289 e. The van der Waals surface area contributed by atoms with Gasteiger partial charge in [0.1, 0.15) is 10.0 Å². The maximum Gasteiger partial charge on any atom is 0.238 e. The molecular formula is C15H16ClN3OS2. The molecule has 0 N–H and O–H groups in total. The molecule has 0 bridgehead atoms. The van der Waals surface area contributed by atoms with Crippen LogP contribution in [0.15, 0.2) is 23.3 Å². The fourth-order valence-electron chi connectivity index (χ4n) is 1.51. The van der Waals surface area contributed by atoms with E-state index >= 15 is 0 Å². The van der Waals surface area contributed by atoms with E-state index in [0.717, 1.165) is 10.6 Å². The number of terminal acetylenes is 1. The molecular weight excluding hydrogens is 338 g/mol. The third-order valence-electron chi connectivity index (χ3n) is 2.51. The predicted molar refractivity (Wildman–Crippen MR) is 99.0 cm³/mol. The van der Waals surface area contributed by atoms with Gasteiger partial charge in [0.15, 0.2) is 5.15 Å². The van der Waals surface area contributed by atoms with Crippen LogP contribution in [0.5, 0.6) is 0 Å². The smallest absolute Gasteiger partial charge is 0.238 e. The minimum absolute atomic E-state index is 0.0834. The number of hydrogen-bond donors (Lipinski definition) is 0. The summed E-state index contributed by atoms with van der Waals surface area (Å²) in [5.41, 5.74) is 0.913. The monoisotopic (exact) mass is 353 g/mol. The molecule has 1 rings (SSSR count). The number of anilines is 1. The van der Waals surface area contributed by atoms with Crippen LogP contribution in [0.25, 0.3) is 5.57 Å². The van der Waals surface area contributed by atoms with Gasteiger partial charge >= 0.3 is 0 Å². The van der Waals surface area contributed by atoms with Crippen molar-refractivity contribution in [2.45, 2.75) is 6.92 Å². The Morgan fingerprint density at radius 2 is 2.41 bits per heavy atom. The number of carbonyl (C=O) groups excluding carboxylic acids is 1. The van der Waals surface area contributed by atoms with Crippen molar-refractivity contribution in [3.05, 3.63) is 28.5 Å². The number of aromatic nitrogens is 1. The second-order valence-corrected chi connectivity index (χ2v) is 6.31. The number of nitrogens with zero attached hydrogens (tertiary/aromatic N) is 3. The standard InChI is InChI=1S/C15H16ClN3OS2/c1-5-9-19(12(20)10-21-4)15-13(16)18-14(22-15)11(2)7-6-8-17-3/h1,6-8H,3,9-10H2,2,4H3/b8-6-,11-7+. The Labute approximate surface area is 144 Å². The van der Waals surface area contributed by atoms with Gasteiger partial charge in [-0.2, -0.15) is 11.8 Å². The summed E-state index contributed by atoms with van der Waals surface area (Å²) in [4.78, 5) is 21.6. The van der Waals surface area contributed by atoms with Crippen LogP contribution in [-0.2, 0) is 4.79 Å². The molecule has 0 unspecified atom stereocenters. The highest BCUT2D eigenvalue weighted by molar-refractivity contribution is 7.99. The molecule has 0 atom stereocenters. The highest BCUT2D eigenvalue weighted by atomic mass is 35.5. The molecule has 0 aromatic carbocycles. The first-order chi connectivity index (χ1) is 10.5. The van der Waals surface area contributed by atoms with Crippen LogP contribution in [0.2, 0.25) is 5.15 Å². The van der Waals surface area contributed by atoms with Crippen LogP contribution >= 0.6 is 34.7 Å². The van der Waals surface area contributed by atoms with Crippen molar-refractivity contribution >= 4 is 57.9 Å². The fraction of sp³-hybridized carbons (Fsp3) is 0.267. The predicted octanol–water partition coefficient (Wildman–Crippen LogP) is 3.74. The summed E-state index contributed by atoms with van der Waals surface area (Å²) >= 11 is 8.95. The lowest BCUT2D eigenvalue weighted by Crippen LogP contribution is -2.32. The Bertz CT molecular complexity index is 644. The van der Waals surface area contributed by atoms with Crippen LogP contribution in [0.4, 0.5) is 5.00 Å². The van der Waals surface area contributed by atoms with E-state index in [1.165, 1.54) is 28.0 Å². The van der Waals surface area contributed by atoms with Crippen molar-refractivity contribution in [3.8, 4) is 12.3 Å². The number of allylic oxidation sites excluding steroid dienone is 3. The topological polar surface area (TPSA) is 45.6 Å². The zero-order valence-electron chi connectivity index (χ0n) is 12.4. The summed E-state index contributed by atoms with van der Waals surface area (Å²) < 4.78 is 0. The van der Waals surface area contributed by atoms with Gasteiger partial charge in [-0.15, -0.1) is 6.42 Å². The lowest BCUT2D eigenvalue weighted by molar-refractivity contribution is -0.116. The van der Waals surface area contributed by atoms with E-state index in [1.807, 2.05) is 19.3 Å². The first kappa shape index (κ1) is 18.5. The summed E-state index contributed by atoms with van der Waals surface area (Å²) in [5.74, 6) is 2.74. The second-order valence-electron chi connectivity index (χ2n) is 4.11. The van der Waals surface area contributed by atoms with Gasteiger partial charge in [0.2, 0.25) is 5.91 Å². The lowest BCUT2D eigenvalue weighted by Gasteiger charge is -2.17. The SMILES string of the molecule is C#CCN(C(=O)CSC)c1sc(/C(C)=C/C=C\N=C)nc1Cl. The van der Waals surface area contributed by atoms with Gasteiger partial charge in [0.25, 0.3) is 0 Å². The summed E-state index contributed by atoms with van der Waals surface area (Å²) in [6.07, 6.45) is 12.4. The quantitative estimate of drug-likeness (QED) is 0.426. The molecule has 0 aliphatic heterocycles. The Morgan fingerprint density at radius 3 is 3.00 bits per heavy atom. The molecule has 0 saturated heterocycles. The third kappa shape index (κ3) is 5.02. The molecule has 1 aromatic heterocycles. The van der Waals surface area contributed by atoms with Crippen molar-refractivity contribution in [2.75, 3.05) is 23.5 Å². The molecule has 0 fully saturated rings. The maximum atomic E-state index is 12.2. The Morgan fingerprint density at radius 1 is 1.68 bits per heavy atom. The average Bonchev–Trinajstić information content (AvgIpc) is 2.87. The first-order valence-corrected chi connectivity index (χ1v) is 8.82. The molecule has 0 aliphatic carbocycles. The van der Waals surface area contributed by atoms with Gasteiger partial charge in [0.05, 0.1) is 12.3 Å². The van der Waals surface area contributed by atoms with E-state index in [9.17, 15) is 4.79 Å². The van der Waals surface area contributed by atoms with E-state index in [4.69, 9.17) is 18.0 Å². The summed E-state index contributed by atoms with van der Waals surface area (Å²) in [7, 11) is 0. The van der Waals surface area contributed by atoms with Gasteiger partial charge in [0, 0.05) is 6.20 Å². The zero-order chi connectivity index (χ0) is 16.5. The summed E-state index contributed by atoms with van der Waals surface area (Å²) in [6, 6.07) is 0. The number of thioether (sulfide) groups is 1. The van der Waals surface area contributed by atoms with Crippen LogP contribution in [0, 0.1) is 12.3 Å².